The van der Waals surface area contributed by atoms with E-state index in [4.69, 9.17) is 22.1 Å². The third kappa shape index (κ3) is 4.00. The molecule has 0 saturated heterocycles. The smallest absolute Gasteiger partial charge is 0.262 e. The van der Waals surface area contributed by atoms with Gasteiger partial charge in [0, 0.05) is 6.07 Å². The Kier molecular flexibility index (Phi) is 5.83. The van der Waals surface area contributed by atoms with Crippen LogP contribution in [-0.2, 0) is 9.59 Å². The first-order chi connectivity index (χ1) is 9.38. The fraction of sp³-hybridized carbons (Fsp3) is 0.385. The number of halogens is 2. The zero-order valence-electron chi connectivity index (χ0n) is 11.6. The van der Waals surface area contributed by atoms with Crippen LogP contribution in [0, 0.1) is 5.92 Å². The minimum atomic E-state index is -0.622. The van der Waals surface area contributed by atoms with E-state index in [2.05, 4.69) is 10.6 Å². The minimum Gasteiger partial charge on any atom is -0.482 e. The van der Waals surface area contributed by atoms with Crippen LogP contribution in [0.2, 0.25) is 5.02 Å². The number of fused-ring (bicyclic) bond motifs is 1. The minimum absolute atomic E-state index is 0. The number of rotatable bonds is 3. The molecular formula is C13H17Cl2N3O3. The van der Waals surface area contributed by atoms with E-state index in [0.29, 0.717) is 22.1 Å². The second kappa shape index (κ2) is 6.98. The van der Waals surface area contributed by atoms with Crippen molar-refractivity contribution >= 4 is 47.2 Å². The van der Waals surface area contributed by atoms with E-state index < -0.39 is 6.04 Å². The molecule has 1 aliphatic rings. The molecule has 2 amide bonds. The van der Waals surface area contributed by atoms with Crippen molar-refractivity contribution in [3.63, 3.8) is 0 Å². The van der Waals surface area contributed by atoms with Crippen LogP contribution < -0.4 is 21.1 Å². The summed E-state index contributed by atoms with van der Waals surface area (Å²) in [5.41, 5.74) is 6.66. The van der Waals surface area contributed by atoms with E-state index in [1.165, 1.54) is 6.07 Å². The van der Waals surface area contributed by atoms with Crippen molar-refractivity contribution < 1.29 is 14.3 Å². The lowest BCUT2D eigenvalue weighted by molar-refractivity contribution is -0.119. The van der Waals surface area contributed by atoms with E-state index in [0.717, 1.165) is 0 Å². The van der Waals surface area contributed by atoms with Crippen molar-refractivity contribution in [2.75, 3.05) is 17.2 Å². The Morgan fingerprint density at radius 3 is 2.76 bits per heavy atom. The molecule has 0 aromatic heterocycles. The van der Waals surface area contributed by atoms with Gasteiger partial charge < -0.3 is 21.1 Å². The highest BCUT2D eigenvalue weighted by Gasteiger charge is 2.21. The first kappa shape index (κ1) is 17.6. The number of hydrogen-bond acceptors (Lipinski definition) is 4. The molecule has 1 atom stereocenters. The number of nitrogens with one attached hydrogen (secondary N) is 2. The van der Waals surface area contributed by atoms with Crippen molar-refractivity contribution in [3.05, 3.63) is 17.2 Å². The van der Waals surface area contributed by atoms with Crippen molar-refractivity contribution in [1.82, 2.24) is 0 Å². The molecule has 0 bridgehead atoms. The summed E-state index contributed by atoms with van der Waals surface area (Å²) in [5.74, 6) is -0.0850. The highest BCUT2D eigenvalue weighted by molar-refractivity contribution is 6.34. The third-order valence-electron chi connectivity index (χ3n) is 2.98. The summed E-state index contributed by atoms with van der Waals surface area (Å²) in [6.07, 6.45) is 0. The van der Waals surface area contributed by atoms with Gasteiger partial charge in [-0.1, -0.05) is 25.4 Å². The molecule has 0 aliphatic carbocycles. The molecule has 0 saturated carbocycles. The fourth-order valence-corrected chi connectivity index (χ4v) is 1.93. The average molecular weight is 334 g/mol. The maximum atomic E-state index is 11.9. The first-order valence-electron chi connectivity index (χ1n) is 6.21. The van der Waals surface area contributed by atoms with Gasteiger partial charge in [0.1, 0.15) is 5.75 Å². The van der Waals surface area contributed by atoms with Crippen molar-refractivity contribution in [2.24, 2.45) is 11.7 Å². The average Bonchev–Trinajstić information content (AvgIpc) is 2.38. The van der Waals surface area contributed by atoms with E-state index >= 15 is 0 Å². The quantitative estimate of drug-likeness (QED) is 0.788. The molecule has 1 heterocycles. The molecule has 0 unspecified atom stereocenters. The second-order valence-corrected chi connectivity index (χ2v) is 5.33. The molecule has 6 nitrogen and oxygen atoms in total. The lowest BCUT2D eigenvalue weighted by Gasteiger charge is -2.21. The Balaban J connectivity index is 0.00000220. The predicted molar refractivity (Wildman–Crippen MR) is 84.3 cm³/mol. The van der Waals surface area contributed by atoms with Crippen LogP contribution in [0.25, 0.3) is 0 Å². The highest BCUT2D eigenvalue weighted by atomic mass is 35.5. The monoisotopic (exact) mass is 333 g/mol. The second-order valence-electron chi connectivity index (χ2n) is 4.92. The van der Waals surface area contributed by atoms with Crippen LogP contribution >= 0.6 is 24.0 Å². The van der Waals surface area contributed by atoms with Crippen LogP contribution in [-0.4, -0.2) is 24.5 Å². The number of amides is 2. The van der Waals surface area contributed by atoms with Gasteiger partial charge in [-0.25, -0.2) is 0 Å². The van der Waals surface area contributed by atoms with E-state index in [1.54, 1.807) is 6.07 Å². The topological polar surface area (TPSA) is 93.5 Å². The van der Waals surface area contributed by atoms with Crippen LogP contribution in [0.5, 0.6) is 5.75 Å². The molecule has 0 radical (unpaired) electrons. The van der Waals surface area contributed by atoms with Gasteiger partial charge in [0.25, 0.3) is 5.91 Å². The van der Waals surface area contributed by atoms with E-state index in [1.807, 2.05) is 13.8 Å². The van der Waals surface area contributed by atoms with Gasteiger partial charge in [-0.3, -0.25) is 9.59 Å². The normalized spacial score (nSPS) is 14.4. The Labute approximate surface area is 133 Å². The molecule has 2 rings (SSSR count). The SMILES string of the molecule is CC(C)[C@H](N)C(=O)Nc1cc2c(cc1Cl)NC(=O)CO2.Cl. The molecule has 116 valence electrons. The summed E-state index contributed by atoms with van der Waals surface area (Å²) >= 11 is 6.07. The van der Waals surface area contributed by atoms with Gasteiger partial charge in [-0.2, -0.15) is 0 Å². The molecule has 0 spiro atoms. The van der Waals surface area contributed by atoms with Gasteiger partial charge in [-0.05, 0) is 12.0 Å². The number of benzene rings is 1. The molecule has 4 N–H and O–H groups in total. The fourth-order valence-electron chi connectivity index (χ4n) is 1.71. The molecule has 0 fully saturated rings. The Hall–Kier alpha value is -1.50. The number of carbonyl (C=O) groups is 2. The Bertz CT molecular complexity index is 564. The number of hydrogen-bond donors (Lipinski definition) is 3. The van der Waals surface area contributed by atoms with Gasteiger partial charge in [0.05, 0.1) is 22.4 Å². The molecule has 21 heavy (non-hydrogen) atoms. The van der Waals surface area contributed by atoms with E-state index in [9.17, 15) is 9.59 Å². The molecule has 8 heteroatoms. The highest BCUT2D eigenvalue weighted by Crippen LogP contribution is 2.36. The van der Waals surface area contributed by atoms with Crippen LogP contribution in [0.1, 0.15) is 13.8 Å². The summed E-state index contributed by atoms with van der Waals surface area (Å²) in [5, 5.41) is 5.61. The standard InChI is InChI=1S/C13H16ClN3O3.ClH/c1-6(2)12(15)13(19)17-8-4-10-9(3-7(8)14)16-11(18)5-20-10;/h3-4,6,12H,5,15H2,1-2H3,(H,16,18)(H,17,19);1H/t12-;/m0./s1. The van der Waals surface area contributed by atoms with Gasteiger partial charge in [-0.15, -0.1) is 12.4 Å². The summed E-state index contributed by atoms with van der Waals surface area (Å²) < 4.78 is 5.27. The number of anilines is 2. The molecule has 1 aromatic carbocycles. The van der Waals surface area contributed by atoms with Gasteiger partial charge in [0.2, 0.25) is 5.91 Å². The zero-order valence-corrected chi connectivity index (χ0v) is 13.2. The Morgan fingerprint density at radius 1 is 1.48 bits per heavy atom. The largest absolute Gasteiger partial charge is 0.482 e. The predicted octanol–water partition coefficient (Wildman–Crippen LogP) is 2.01. The van der Waals surface area contributed by atoms with Crippen LogP contribution in [0.4, 0.5) is 11.4 Å². The Morgan fingerprint density at radius 2 is 2.14 bits per heavy atom. The maximum absolute atomic E-state index is 11.9. The summed E-state index contributed by atoms with van der Waals surface area (Å²) in [6, 6.07) is 2.48. The maximum Gasteiger partial charge on any atom is 0.262 e. The number of carbonyl (C=O) groups excluding carboxylic acids is 2. The third-order valence-corrected chi connectivity index (χ3v) is 3.29. The summed E-state index contributed by atoms with van der Waals surface area (Å²) in [7, 11) is 0. The zero-order chi connectivity index (χ0) is 14.9. The number of ether oxygens (including phenoxy) is 1. The lowest BCUT2D eigenvalue weighted by atomic mass is 10.0. The molecule has 1 aliphatic heterocycles. The van der Waals surface area contributed by atoms with E-state index in [-0.39, 0.29) is 36.7 Å². The van der Waals surface area contributed by atoms with Gasteiger partial charge >= 0.3 is 0 Å². The molecular weight excluding hydrogens is 317 g/mol. The summed E-state index contributed by atoms with van der Waals surface area (Å²) in [6.45, 7) is 3.65. The summed E-state index contributed by atoms with van der Waals surface area (Å²) in [4.78, 5) is 23.1. The number of nitrogens with two attached hydrogens (primary N) is 1. The van der Waals surface area contributed by atoms with Crippen molar-refractivity contribution in [1.29, 1.82) is 0 Å². The van der Waals surface area contributed by atoms with Crippen LogP contribution in [0.15, 0.2) is 12.1 Å². The van der Waals surface area contributed by atoms with Crippen molar-refractivity contribution in [2.45, 2.75) is 19.9 Å². The molecule has 1 aromatic rings. The van der Waals surface area contributed by atoms with Crippen LogP contribution in [0.3, 0.4) is 0 Å². The van der Waals surface area contributed by atoms with Gasteiger partial charge in [0.15, 0.2) is 6.61 Å². The lowest BCUT2D eigenvalue weighted by Crippen LogP contribution is -2.39. The van der Waals surface area contributed by atoms with Crippen molar-refractivity contribution in [3.8, 4) is 5.75 Å². The first-order valence-corrected chi connectivity index (χ1v) is 6.59.